The van der Waals surface area contributed by atoms with Gasteiger partial charge in [0.1, 0.15) is 5.75 Å². The van der Waals surface area contributed by atoms with E-state index in [1.807, 2.05) is 30.3 Å². The number of phenols is 1. The Morgan fingerprint density at radius 3 is 2.65 bits per heavy atom. The van der Waals surface area contributed by atoms with Gasteiger partial charge >= 0.3 is 0 Å². The van der Waals surface area contributed by atoms with E-state index < -0.39 is 0 Å². The highest BCUT2D eigenvalue weighted by Gasteiger charge is 2.37. The van der Waals surface area contributed by atoms with E-state index in [1.165, 1.54) is 0 Å². The average molecular weight is 269 g/mol. The van der Waals surface area contributed by atoms with Gasteiger partial charge in [0, 0.05) is 10.9 Å². The van der Waals surface area contributed by atoms with Crippen LogP contribution in [-0.2, 0) is 0 Å². The maximum Gasteiger partial charge on any atom is 0.255 e. The number of benzene rings is 2. The van der Waals surface area contributed by atoms with Crippen LogP contribution in [0.25, 0.3) is 10.8 Å². The van der Waals surface area contributed by atoms with Gasteiger partial charge in [-0.05, 0) is 37.1 Å². The molecule has 0 saturated heterocycles. The summed E-state index contributed by atoms with van der Waals surface area (Å²) in [5, 5.41) is 15.1. The highest BCUT2D eigenvalue weighted by atomic mass is 16.3. The number of hydrogen-bond donors (Lipinski definition) is 2. The number of fused-ring (bicyclic) bond motifs is 1. The summed E-state index contributed by atoms with van der Waals surface area (Å²) in [5.41, 5.74) is 0.304. The van der Waals surface area contributed by atoms with Gasteiger partial charge in [-0.25, -0.2) is 0 Å². The van der Waals surface area contributed by atoms with Crippen molar-refractivity contribution in [3.63, 3.8) is 0 Å². The van der Waals surface area contributed by atoms with Crippen LogP contribution in [0.15, 0.2) is 36.4 Å². The minimum Gasteiger partial charge on any atom is -0.506 e. The molecule has 1 amide bonds. The fourth-order valence-corrected chi connectivity index (χ4v) is 2.92. The van der Waals surface area contributed by atoms with Crippen LogP contribution in [0.5, 0.6) is 5.75 Å². The smallest absolute Gasteiger partial charge is 0.255 e. The molecule has 3 nitrogen and oxygen atoms in total. The first kappa shape index (κ1) is 13.0. The zero-order chi connectivity index (χ0) is 14.2. The molecule has 3 rings (SSSR count). The van der Waals surface area contributed by atoms with Crippen molar-refractivity contribution in [3.05, 3.63) is 42.0 Å². The predicted octanol–water partition coefficient (Wildman–Crippen LogP) is 3.61. The number of aromatic hydroxyl groups is 1. The fraction of sp³-hybridized carbons (Fsp3) is 0.353. The van der Waals surface area contributed by atoms with Crippen molar-refractivity contribution >= 4 is 16.7 Å². The maximum absolute atomic E-state index is 12.4. The van der Waals surface area contributed by atoms with Crippen LogP contribution in [0.2, 0.25) is 0 Å². The third-order valence-corrected chi connectivity index (χ3v) is 4.51. The fourth-order valence-electron chi connectivity index (χ4n) is 2.92. The van der Waals surface area contributed by atoms with Crippen LogP contribution in [-0.4, -0.2) is 16.6 Å². The summed E-state index contributed by atoms with van der Waals surface area (Å²) >= 11 is 0. The van der Waals surface area contributed by atoms with Crippen LogP contribution in [0, 0.1) is 0 Å². The molecule has 0 aliphatic heterocycles. The molecule has 0 unspecified atom stereocenters. The second-order valence-corrected chi connectivity index (χ2v) is 5.62. The first-order valence-electron chi connectivity index (χ1n) is 7.18. The van der Waals surface area contributed by atoms with Gasteiger partial charge < -0.3 is 10.4 Å². The van der Waals surface area contributed by atoms with Gasteiger partial charge in [0.05, 0.1) is 5.56 Å². The van der Waals surface area contributed by atoms with E-state index in [4.69, 9.17) is 0 Å². The molecule has 1 aliphatic rings. The minimum absolute atomic E-state index is 0.0603. The molecule has 1 aliphatic carbocycles. The van der Waals surface area contributed by atoms with E-state index in [0.717, 1.165) is 36.5 Å². The van der Waals surface area contributed by atoms with Crippen LogP contribution < -0.4 is 5.32 Å². The largest absolute Gasteiger partial charge is 0.506 e. The van der Waals surface area contributed by atoms with E-state index in [0.29, 0.717) is 5.56 Å². The van der Waals surface area contributed by atoms with Crippen molar-refractivity contribution in [2.24, 2.45) is 0 Å². The molecule has 104 valence electrons. The quantitative estimate of drug-likeness (QED) is 0.894. The number of carbonyl (C=O) groups excluding carboxylic acids is 1. The zero-order valence-electron chi connectivity index (χ0n) is 11.6. The number of rotatable bonds is 3. The zero-order valence-corrected chi connectivity index (χ0v) is 11.6. The molecule has 1 fully saturated rings. The van der Waals surface area contributed by atoms with Crippen molar-refractivity contribution in [2.45, 2.75) is 38.1 Å². The van der Waals surface area contributed by atoms with E-state index >= 15 is 0 Å². The van der Waals surface area contributed by atoms with Gasteiger partial charge in [0.2, 0.25) is 0 Å². The highest BCUT2D eigenvalue weighted by molar-refractivity contribution is 6.03. The van der Waals surface area contributed by atoms with Crippen LogP contribution in [0.1, 0.15) is 43.0 Å². The van der Waals surface area contributed by atoms with Gasteiger partial charge in [-0.3, -0.25) is 4.79 Å². The molecule has 3 heteroatoms. The second kappa shape index (κ2) is 4.82. The number of carbonyl (C=O) groups is 1. The van der Waals surface area contributed by atoms with Gasteiger partial charge in [-0.2, -0.15) is 0 Å². The van der Waals surface area contributed by atoms with Gasteiger partial charge in [0.25, 0.3) is 5.91 Å². The van der Waals surface area contributed by atoms with Gasteiger partial charge in [-0.1, -0.05) is 37.3 Å². The Hall–Kier alpha value is -2.03. The Morgan fingerprint density at radius 2 is 2.00 bits per heavy atom. The van der Waals surface area contributed by atoms with Crippen LogP contribution in [0.4, 0.5) is 0 Å². The summed E-state index contributed by atoms with van der Waals surface area (Å²) in [6, 6.07) is 11.1. The Labute approximate surface area is 118 Å². The molecule has 0 radical (unpaired) electrons. The molecule has 0 aromatic heterocycles. The lowest BCUT2D eigenvalue weighted by molar-refractivity contribution is 0.0818. The summed E-state index contributed by atoms with van der Waals surface area (Å²) in [4.78, 5) is 12.4. The summed E-state index contributed by atoms with van der Waals surface area (Å²) in [5.74, 6) is -0.0963. The minimum atomic E-state index is -0.171. The van der Waals surface area contributed by atoms with Crippen molar-refractivity contribution in [1.29, 1.82) is 0 Å². The maximum atomic E-state index is 12.4. The molecule has 20 heavy (non-hydrogen) atoms. The van der Waals surface area contributed by atoms with Crippen LogP contribution in [0.3, 0.4) is 0 Å². The molecule has 0 atom stereocenters. The molecule has 0 spiro atoms. The summed E-state index contributed by atoms with van der Waals surface area (Å²) in [6.07, 6.45) is 4.16. The van der Waals surface area contributed by atoms with E-state index in [-0.39, 0.29) is 17.2 Å². The van der Waals surface area contributed by atoms with Gasteiger partial charge in [0.15, 0.2) is 0 Å². The lowest BCUT2D eigenvalue weighted by atomic mass is 9.74. The SMILES string of the molecule is CCC1(NC(=O)c2ccc3ccccc3c2O)CCC1. The van der Waals surface area contributed by atoms with Crippen molar-refractivity contribution < 1.29 is 9.90 Å². The summed E-state index contributed by atoms with van der Waals surface area (Å²) in [7, 11) is 0. The number of hydrogen-bond acceptors (Lipinski definition) is 2. The van der Waals surface area contributed by atoms with E-state index in [2.05, 4.69) is 12.2 Å². The first-order chi connectivity index (χ1) is 9.65. The molecule has 2 aromatic carbocycles. The molecular formula is C17H19NO2. The summed E-state index contributed by atoms with van der Waals surface area (Å²) < 4.78 is 0. The predicted molar refractivity (Wildman–Crippen MR) is 80.0 cm³/mol. The van der Waals surface area contributed by atoms with Crippen molar-refractivity contribution in [1.82, 2.24) is 5.32 Å². The molecule has 0 heterocycles. The first-order valence-corrected chi connectivity index (χ1v) is 7.18. The second-order valence-electron chi connectivity index (χ2n) is 5.62. The Kier molecular flexibility index (Phi) is 3.13. The van der Waals surface area contributed by atoms with E-state index in [9.17, 15) is 9.90 Å². The molecular weight excluding hydrogens is 250 g/mol. The van der Waals surface area contributed by atoms with E-state index in [1.54, 1.807) is 6.07 Å². The lowest BCUT2D eigenvalue weighted by Crippen LogP contribution is -2.52. The molecule has 0 bridgehead atoms. The lowest BCUT2D eigenvalue weighted by Gasteiger charge is -2.42. The molecule has 1 saturated carbocycles. The standard InChI is InChI=1S/C17H19NO2/c1-2-17(10-5-11-17)18-16(20)14-9-8-12-6-3-4-7-13(12)15(14)19/h3-4,6-9,19H,2,5,10-11H2,1H3,(H,18,20). The Balaban J connectivity index is 1.94. The topological polar surface area (TPSA) is 49.3 Å². The Bertz CT molecular complexity index is 654. The van der Waals surface area contributed by atoms with Crippen LogP contribution >= 0.6 is 0 Å². The third-order valence-electron chi connectivity index (χ3n) is 4.51. The Morgan fingerprint density at radius 1 is 1.25 bits per heavy atom. The third kappa shape index (κ3) is 2.03. The number of amides is 1. The summed E-state index contributed by atoms with van der Waals surface area (Å²) in [6.45, 7) is 2.10. The number of phenolic OH excluding ortho intramolecular Hbond substituents is 1. The van der Waals surface area contributed by atoms with Crippen molar-refractivity contribution in [3.8, 4) is 5.75 Å². The van der Waals surface area contributed by atoms with Crippen molar-refractivity contribution in [2.75, 3.05) is 0 Å². The molecule has 2 N–H and O–H groups in total. The number of nitrogens with one attached hydrogen (secondary N) is 1. The normalized spacial score (nSPS) is 16.6. The monoisotopic (exact) mass is 269 g/mol. The van der Waals surface area contributed by atoms with Gasteiger partial charge in [-0.15, -0.1) is 0 Å². The molecule has 2 aromatic rings. The highest BCUT2D eigenvalue weighted by Crippen LogP contribution is 2.36. The average Bonchev–Trinajstić information content (AvgIpc) is 2.43.